The van der Waals surface area contributed by atoms with E-state index in [0.717, 1.165) is 29.8 Å². The topological polar surface area (TPSA) is 22.0 Å². The number of Topliss-reactive ketones (excluding diaryl/α,β-unsaturated/α-hetero) is 1. The lowest BCUT2D eigenvalue weighted by atomic mass is 10.0. The number of benzene rings is 2. The van der Waals surface area contributed by atoms with Gasteiger partial charge in [-0.3, -0.25) is 4.79 Å². The molecule has 0 atom stereocenters. The number of fused-ring (bicyclic) bond motifs is 3. The predicted molar refractivity (Wildman–Crippen MR) is 90.9 cm³/mol. The number of carbonyl (C=O) groups excluding carboxylic acids is 1. The van der Waals surface area contributed by atoms with E-state index in [-0.39, 0.29) is 5.78 Å². The molecule has 0 bridgehead atoms. The van der Waals surface area contributed by atoms with Gasteiger partial charge >= 0.3 is 0 Å². The van der Waals surface area contributed by atoms with Crippen LogP contribution in [-0.2, 0) is 6.54 Å². The largest absolute Gasteiger partial charge is 0.338 e. The summed E-state index contributed by atoms with van der Waals surface area (Å²) in [5, 5.41) is 1.17. The van der Waals surface area contributed by atoms with Crippen LogP contribution < -0.4 is 0 Å². The molecule has 0 aliphatic carbocycles. The van der Waals surface area contributed by atoms with Crippen molar-refractivity contribution in [2.24, 2.45) is 0 Å². The Morgan fingerprint density at radius 3 is 2.55 bits per heavy atom. The minimum Gasteiger partial charge on any atom is -0.338 e. The Morgan fingerprint density at radius 2 is 1.68 bits per heavy atom. The molecule has 0 fully saturated rings. The Morgan fingerprint density at radius 1 is 0.909 bits per heavy atom. The summed E-state index contributed by atoms with van der Waals surface area (Å²) in [4.78, 5) is 12.4. The van der Waals surface area contributed by atoms with E-state index in [2.05, 4.69) is 41.0 Å². The van der Waals surface area contributed by atoms with E-state index < -0.39 is 0 Å². The number of aromatic nitrogens is 1. The maximum absolute atomic E-state index is 12.4. The van der Waals surface area contributed by atoms with Gasteiger partial charge in [-0.05, 0) is 18.1 Å². The van der Waals surface area contributed by atoms with Crippen molar-refractivity contribution in [2.75, 3.05) is 0 Å². The molecular weight excluding hydrogens is 270 g/mol. The number of para-hydroxylation sites is 1. The molecule has 1 aromatic heterocycles. The monoisotopic (exact) mass is 287 g/mol. The molecule has 2 aromatic carbocycles. The van der Waals surface area contributed by atoms with E-state index in [1.165, 1.54) is 10.9 Å². The van der Waals surface area contributed by atoms with Crippen LogP contribution in [0.25, 0.3) is 23.1 Å². The second-order valence-electron chi connectivity index (χ2n) is 5.70. The van der Waals surface area contributed by atoms with Crippen LogP contribution in [0.2, 0.25) is 0 Å². The van der Waals surface area contributed by atoms with Crippen molar-refractivity contribution in [1.82, 2.24) is 4.57 Å². The summed E-state index contributed by atoms with van der Waals surface area (Å²) in [6.07, 6.45) is 5.77. The van der Waals surface area contributed by atoms with Crippen molar-refractivity contribution < 1.29 is 4.79 Å². The van der Waals surface area contributed by atoms with E-state index >= 15 is 0 Å². The first kappa shape index (κ1) is 13.1. The van der Waals surface area contributed by atoms with Crippen molar-refractivity contribution in [3.63, 3.8) is 0 Å². The molecule has 0 saturated carbocycles. The van der Waals surface area contributed by atoms with Gasteiger partial charge in [0.2, 0.25) is 0 Å². The fraction of sp³-hybridized carbons (Fsp3) is 0.150. The van der Waals surface area contributed by atoms with Crippen molar-refractivity contribution in [1.29, 1.82) is 0 Å². The fourth-order valence-corrected chi connectivity index (χ4v) is 3.29. The highest BCUT2D eigenvalue weighted by Crippen LogP contribution is 2.32. The van der Waals surface area contributed by atoms with Crippen LogP contribution in [0.3, 0.4) is 0 Å². The van der Waals surface area contributed by atoms with Gasteiger partial charge in [0.25, 0.3) is 0 Å². The molecule has 2 heterocycles. The van der Waals surface area contributed by atoms with Gasteiger partial charge in [-0.1, -0.05) is 60.7 Å². The van der Waals surface area contributed by atoms with Gasteiger partial charge in [0.15, 0.2) is 5.78 Å². The SMILES string of the molecule is O=C1CCCn2c1c(/C=C/c1ccccc1)c1ccccc12. The third-order valence-electron chi connectivity index (χ3n) is 4.30. The maximum Gasteiger partial charge on any atom is 0.179 e. The van der Waals surface area contributed by atoms with E-state index in [9.17, 15) is 4.79 Å². The molecule has 22 heavy (non-hydrogen) atoms. The summed E-state index contributed by atoms with van der Waals surface area (Å²) in [5.74, 6) is 0.259. The highest BCUT2D eigenvalue weighted by molar-refractivity contribution is 6.07. The lowest BCUT2D eigenvalue weighted by Crippen LogP contribution is -2.16. The van der Waals surface area contributed by atoms with Crippen LogP contribution in [0.5, 0.6) is 0 Å². The Labute approximate surface area is 129 Å². The molecule has 0 unspecified atom stereocenters. The second kappa shape index (κ2) is 5.30. The van der Waals surface area contributed by atoms with Gasteiger partial charge < -0.3 is 4.57 Å². The summed E-state index contributed by atoms with van der Waals surface area (Å²) >= 11 is 0. The molecule has 0 N–H and O–H groups in total. The Hall–Kier alpha value is -2.61. The molecule has 1 aliphatic rings. The van der Waals surface area contributed by atoms with Crippen molar-refractivity contribution in [3.05, 3.63) is 71.4 Å². The van der Waals surface area contributed by atoms with Crippen molar-refractivity contribution in [3.8, 4) is 0 Å². The van der Waals surface area contributed by atoms with Gasteiger partial charge in [0.1, 0.15) is 0 Å². The highest BCUT2D eigenvalue weighted by Gasteiger charge is 2.23. The molecule has 108 valence electrons. The molecular formula is C20H17NO. The van der Waals surface area contributed by atoms with Crippen LogP contribution in [0, 0.1) is 0 Å². The molecule has 0 saturated heterocycles. The number of aryl methyl sites for hydroxylation is 1. The molecule has 2 heteroatoms. The predicted octanol–water partition coefficient (Wildman–Crippen LogP) is 4.79. The molecule has 0 radical (unpaired) electrons. The molecule has 2 nitrogen and oxygen atoms in total. The third-order valence-corrected chi connectivity index (χ3v) is 4.30. The normalized spacial score (nSPS) is 14.6. The van der Waals surface area contributed by atoms with Gasteiger partial charge in [-0.25, -0.2) is 0 Å². The lowest BCUT2D eigenvalue weighted by molar-refractivity contribution is 0.0956. The maximum atomic E-state index is 12.4. The fourth-order valence-electron chi connectivity index (χ4n) is 3.29. The van der Waals surface area contributed by atoms with Crippen LogP contribution in [0.1, 0.15) is 34.5 Å². The van der Waals surface area contributed by atoms with E-state index in [1.54, 1.807) is 0 Å². The van der Waals surface area contributed by atoms with Crippen molar-refractivity contribution in [2.45, 2.75) is 19.4 Å². The van der Waals surface area contributed by atoms with Crippen LogP contribution in [-0.4, -0.2) is 10.4 Å². The standard InChI is InChI=1S/C20H17NO/c22-19-11-6-14-21-18-10-5-4-9-16(18)17(20(19)21)13-12-15-7-2-1-3-8-15/h1-5,7-10,12-13H,6,11,14H2/b13-12+. The van der Waals surface area contributed by atoms with Crippen LogP contribution in [0.15, 0.2) is 54.6 Å². The Kier molecular flexibility index (Phi) is 3.15. The third kappa shape index (κ3) is 2.08. The first-order chi connectivity index (χ1) is 10.8. The van der Waals surface area contributed by atoms with Gasteiger partial charge in [-0.15, -0.1) is 0 Å². The minimum absolute atomic E-state index is 0.259. The average Bonchev–Trinajstić information content (AvgIpc) is 2.89. The van der Waals surface area contributed by atoms with E-state index in [1.807, 2.05) is 30.3 Å². The molecule has 3 aromatic rings. The van der Waals surface area contributed by atoms with Crippen LogP contribution in [0.4, 0.5) is 0 Å². The summed E-state index contributed by atoms with van der Waals surface area (Å²) in [6, 6.07) is 18.5. The highest BCUT2D eigenvalue weighted by atomic mass is 16.1. The number of hydrogen-bond acceptors (Lipinski definition) is 1. The average molecular weight is 287 g/mol. The zero-order valence-electron chi connectivity index (χ0n) is 12.3. The summed E-state index contributed by atoms with van der Waals surface area (Å²) < 4.78 is 2.19. The summed E-state index contributed by atoms with van der Waals surface area (Å²) in [7, 11) is 0. The van der Waals surface area contributed by atoms with Crippen LogP contribution >= 0.6 is 0 Å². The lowest BCUT2D eigenvalue weighted by Gasteiger charge is -2.15. The number of hydrogen-bond donors (Lipinski definition) is 0. The second-order valence-corrected chi connectivity index (χ2v) is 5.70. The van der Waals surface area contributed by atoms with E-state index in [0.29, 0.717) is 6.42 Å². The molecule has 1 aliphatic heterocycles. The van der Waals surface area contributed by atoms with Crippen molar-refractivity contribution >= 4 is 28.8 Å². The first-order valence-electron chi connectivity index (χ1n) is 7.72. The Bertz CT molecular complexity index is 871. The summed E-state index contributed by atoms with van der Waals surface area (Å²) in [6.45, 7) is 0.931. The summed E-state index contributed by atoms with van der Waals surface area (Å²) in [5.41, 5.74) is 4.25. The van der Waals surface area contributed by atoms with E-state index in [4.69, 9.17) is 0 Å². The molecule has 4 rings (SSSR count). The van der Waals surface area contributed by atoms with Gasteiger partial charge in [0.05, 0.1) is 5.69 Å². The van der Waals surface area contributed by atoms with Gasteiger partial charge in [-0.2, -0.15) is 0 Å². The minimum atomic E-state index is 0.259. The number of rotatable bonds is 2. The van der Waals surface area contributed by atoms with Gasteiger partial charge in [0, 0.05) is 29.4 Å². The number of nitrogens with zero attached hydrogens (tertiary/aromatic N) is 1. The smallest absolute Gasteiger partial charge is 0.179 e. The molecule has 0 spiro atoms. The zero-order valence-corrected chi connectivity index (χ0v) is 12.3. The number of ketones is 1. The first-order valence-corrected chi connectivity index (χ1v) is 7.72. The molecule has 0 amide bonds. The quantitative estimate of drug-likeness (QED) is 0.664. The zero-order chi connectivity index (χ0) is 14.9. The Balaban J connectivity index is 1.91. The number of carbonyl (C=O) groups is 1.